The first-order valence-electron chi connectivity index (χ1n) is 11.4. The van der Waals surface area contributed by atoms with Crippen LogP contribution < -0.4 is 9.62 Å². The van der Waals surface area contributed by atoms with E-state index in [1.165, 1.54) is 23.1 Å². The Kier molecular flexibility index (Phi) is 9.61. The van der Waals surface area contributed by atoms with Crippen LogP contribution in [0.15, 0.2) is 48.5 Å². The molecule has 0 heterocycles. The van der Waals surface area contributed by atoms with E-state index in [2.05, 4.69) is 5.32 Å². The summed E-state index contributed by atoms with van der Waals surface area (Å²) in [5.41, 5.74) is 1.84. The van der Waals surface area contributed by atoms with E-state index in [4.69, 9.17) is 0 Å². The lowest BCUT2D eigenvalue weighted by Gasteiger charge is -2.33. The molecule has 7 nitrogen and oxygen atoms in total. The number of anilines is 1. The average Bonchev–Trinajstić information content (AvgIpc) is 2.77. The number of halogens is 1. The highest BCUT2D eigenvalue weighted by Gasteiger charge is 2.32. The van der Waals surface area contributed by atoms with E-state index in [0.717, 1.165) is 34.2 Å². The van der Waals surface area contributed by atoms with Crippen LogP contribution in [0, 0.1) is 12.7 Å². The third-order valence-corrected chi connectivity index (χ3v) is 6.90. The molecule has 0 aliphatic rings. The molecule has 0 aromatic heterocycles. The molecule has 2 amide bonds. The van der Waals surface area contributed by atoms with Crippen molar-refractivity contribution in [2.24, 2.45) is 0 Å². The summed E-state index contributed by atoms with van der Waals surface area (Å²) in [6.45, 7) is 7.13. The number of amides is 2. The number of carbonyl (C=O) groups is 2. The molecule has 2 aromatic rings. The maximum Gasteiger partial charge on any atom is 0.244 e. The van der Waals surface area contributed by atoms with Gasteiger partial charge in [0.1, 0.15) is 18.4 Å². The second kappa shape index (κ2) is 12.0. The monoisotopic (exact) mass is 491 g/mol. The number of hydrogen-bond acceptors (Lipinski definition) is 4. The van der Waals surface area contributed by atoms with Crippen molar-refractivity contribution in [3.63, 3.8) is 0 Å². The molecule has 0 unspecified atom stereocenters. The highest BCUT2D eigenvalue weighted by Crippen LogP contribution is 2.21. The molecule has 0 spiro atoms. The van der Waals surface area contributed by atoms with Gasteiger partial charge in [0.25, 0.3) is 0 Å². The number of carbonyl (C=O) groups excluding carboxylic acids is 2. The molecule has 0 fully saturated rings. The molecular formula is C25H34FN3O4S. The van der Waals surface area contributed by atoms with E-state index in [1.54, 1.807) is 6.92 Å². The molecule has 2 aromatic carbocycles. The number of nitrogens with zero attached hydrogens (tertiary/aromatic N) is 2. The minimum atomic E-state index is -3.90. The van der Waals surface area contributed by atoms with E-state index >= 15 is 0 Å². The molecular weight excluding hydrogens is 457 g/mol. The van der Waals surface area contributed by atoms with Crippen LogP contribution in [-0.2, 0) is 26.2 Å². The lowest BCUT2D eigenvalue weighted by Crippen LogP contribution is -2.53. The first-order chi connectivity index (χ1) is 16.0. The first-order valence-corrected chi connectivity index (χ1v) is 13.2. The Morgan fingerprint density at radius 2 is 1.74 bits per heavy atom. The second-order valence-electron chi connectivity index (χ2n) is 8.44. The van der Waals surface area contributed by atoms with Gasteiger partial charge < -0.3 is 10.2 Å². The Hall–Kier alpha value is -2.94. The Labute approximate surface area is 202 Å². The van der Waals surface area contributed by atoms with Crippen molar-refractivity contribution >= 4 is 27.5 Å². The number of rotatable bonds is 11. The molecule has 2 atom stereocenters. The van der Waals surface area contributed by atoms with Crippen LogP contribution in [-0.4, -0.2) is 50.0 Å². The highest BCUT2D eigenvalue weighted by atomic mass is 32.2. The van der Waals surface area contributed by atoms with E-state index in [0.29, 0.717) is 6.42 Å². The standard InChI is InChI=1S/C25H34FN3O4S/c1-6-19(4)27-25(31)23(7-2)28(16-20-12-9-8-11-18(20)3)24(30)17-29(34(5,32)33)22-14-10-13-21(26)15-22/h8-15,19,23H,6-7,16-17H2,1-5H3,(H,27,31)/t19-,23+/m1/s1. The molecule has 186 valence electrons. The van der Waals surface area contributed by atoms with Crippen molar-refractivity contribution in [2.75, 3.05) is 17.1 Å². The minimum absolute atomic E-state index is 0.0452. The zero-order valence-electron chi connectivity index (χ0n) is 20.4. The van der Waals surface area contributed by atoms with Crippen molar-refractivity contribution in [1.29, 1.82) is 0 Å². The molecule has 1 N–H and O–H groups in total. The quantitative estimate of drug-likeness (QED) is 0.520. The summed E-state index contributed by atoms with van der Waals surface area (Å²) in [4.78, 5) is 28.1. The smallest absolute Gasteiger partial charge is 0.244 e. The largest absolute Gasteiger partial charge is 0.352 e. The van der Waals surface area contributed by atoms with Crippen LogP contribution >= 0.6 is 0 Å². The number of aryl methyl sites for hydroxylation is 1. The van der Waals surface area contributed by atoms with Crippen molar-refractivity contribution in [3.8, 4) is 0 Å². The van der Waals surface area contributed by atoms with E-state index in [1.807, 2.05) is 45.0 Å². The Bertz CT molecular complexity index is 1110. The van der Waals surface area contributed by atoms with Crippen LogP contribution in [0.25, 0.3) is 0 Å². The summed E-state index contributed by atoms with van der Waals surface area (Å²) >= 11 is 0. The summed E-state index contributed by atoms with van der Waals surface area (Å²) in [7, 11) is -3.90. The molecule has 2 rings (SSSR count). The summed E-state index contributed by atoms with van der Waals surface area (Å²) in [6, 6.07) is 11.7. The highest BCUT2D eigenvalue weighted by molar-refractivity contribution is 7.92. The summed E-state index contributed by atoms with van der Waals surface area (Å²) < 4.78 is 39.7. The van der Waals surface area contributed by atoms with Gasteiger partial charge >= 0.3 is 0 Å². The third kappa shape index (κ3) is 7.28. The summed E-state index contributed by atoms with van der Waals surface area (Å²) in [5.74, 6) is -1.46. The minimum Gasteiger partial charge on any atom is -0.352 e. The molecule has 0 radical (unpaired) electrons. The van der Waals surface area contributed by atoms with E-state index < -0.39 is 34.3 Å². The SMILES string of the molecule is CC[C@@H](C)NC(=O)[C@H](CC)N(Cc1ccccc1C)C(=O)CN(c1cccc(F)c1)S(C)(=O)=O. The van der Waals surface area contributed by atoms with Gasteiger partial charge in [0.2, 0.25) is 21.8 Å². The zero-order chi connectivity index (χ0) is 25.5. The van der Waals surface area contributed by atoms with Crippen molar-refractivity contribution in [1.82, 2.24) is 10.2 Å². The van der Waals surface area contributed by atoms with E-state index in [-0.39, 0.29) is 24.2 Å². The van der Waals surface area contributed by atoms with Crippen molar-refractivity contribution in [3.05, 3.63) is 65.5 Å². The van der Waals surface area contributed by atoms with Crippen LogP contribution in [0.1, 0.15) is 44.7 Å². The van der Waals surface area contributed by atoms with E-state index in [9.17, 15) is 22.4 Å². The van der Waals surface area contributed by atoms with Crippen LogP contribution in [0.2, 0.25) is 0 Å². The molecule has 0 saturated carbocycles. The summed E-state index contributed by atoms with van der Waals surface area (Å²) in [6.07, 6.45) is 2.04. The van der Waals surface area contributed by atoms with Crippen LogP contribution in [0.4, 0.5) is 10.1 Å². The van der Waals surface area contributed by atoms with Gasteiger partial charge in [-0.25, -0.2) is 12.8 Å². The molecule has 9 heteroatoms. The fraction of sp³-hybridized carbons (Fsp3) is 0.440. The van der Waals surface area contributed by atoms with Gasteiger partial charge in [-0.05, 0) is 56.0 Å². The maximum atomic E-state index is 13.8. The number of benzene rings is 2. The average molecular weight is 492 g/mol. The first kappa shape index (κ1) is 27.3. The Morgan fingerprint density at radius 1 is 1.06 bits per heavy atom. The molecule has 34 heavy (non-hydrogen) atoms. The fourth-order valence-corrected chi connectivity index (χ4v) is 4.42. The van der Waals surface area contributed by atoms with Gasteiger partial charge in [0, 0.05) is 12.6 Å². The summed E-state index contributed by atoms with van der Waals surface area (Å²) in [5, 5.41) is 2.92. The van der Waals surface area contributed by atoms with Gasteiger partial charge in [-0.1, -0.05) is 44.2 Å². The fourth-order valence-electron chi connectivity index (χ4n) is 3.58. The van der Waals surface area contributed by atoms with Gasteiger partial charge in [-0.2, -0.15) is 0 Å². The predicted octanol–water partition coefficient (Wildman–Crippen LogP) is 3.62. The van der Waals surface area contributed by atoms with Crippen molar-refractivity contribution < 1.29 is 22.4 Å². The lowest BCUT2D eigenvalue weighted by atomic mass is 10.1. The number of hydrogen-bond donors (Lipinski definition) is 1. The third-order valence-electron chi connectivity index (χ3n) is 5.76. The van der Waals surface area contributed by atoms with Gasteiger partial charge in [0.05, 0.1) is 11.9 Å². The van der Waals surface area contributed by atoms with Crippen LogP contribution in [0.5, 0.6) is 0 Å². The molecule has 0 bridgehead atoms. The Balaban J connectivity index is 2.45. The van der Waals surface area contributed by atoms with Gasteiger partial charge in [-0.15, -0.1) is 0 Å². The topological polar surface area (TPSA) is 86.8 Å². The zero-order valence-corrected chi connectivity index (χ0v) is 21.2. The Morgan fingerprint density at radius 3 is 2.29 bits per heavy atom. The predicted molar refractivity (Wildman–Crippen MR) is 132 cm³/mol. The lowest BCUT2D eigenvalue weighted by molar-refractivity contribution is -0.140. The molecule has 0 saturated heterocycles. The number of nitrogens with one attached hydrogen (secondary N) is 1. The maximum absolute atomic E-state index is 13.8. The van der Waals surface area contributed by atoms with Crippen molar-refractivity contribution in [2.45, 2.75) is 59.2 Å². The van der Waals surface area contributed by atoms with Gasteiger partial charge in [0.15, 0.2) is 0 Å². The normalized spacial score (nSPS) is 13.1. The number of sulfonamides is 1. The second-order valence-corrected chi connectivity index (χ2v) is 10.3. The van der Waals surface area contributed by atoms with Gasteiger partial charge in [-0.3, -0.25) is 13.9 Å². The molecule has 0 aliphatic carbocycles. The van der Waals surface area contributed by atoms with Crippen LogP contribution in [0.3, 0.4) is 0 Å². The molecule has 0 aliphatic heterocycles.